The van der Waals surface area contributed by atoms with Crippen LogP contribution in [0.15, 0.2) is 61.2 Å². The highest BCUT2D eigenvalue weighted by atomic mass is 19.4. The third kappa shape index (κ3) is 5.96. The van der Waals surface area contributed by atoms with Gasteiger partial charge in [-0.1, -0.05) is 18.2 Å². The smallest absolute Gasteiger partial charge is 0.338 e. The molecular weight excluding hydrogens is 481 g/mol. The zero-order chi connectivity index (χ0) is 26.0. The van der Waals surface area contributed by atoms with Crippen molar-refractivity contribution in [3.05, 3.63) is 66.7 Å². The molecule has 3 aromatic heterocycles. The molecule has 1 fully saturated rings. The van der Waals surface area contributed by atoms with E-state index < -0.39 is 24.8 Å². The van der Waals surface area contributed by atoms with Gasteiger partial charge in [-0.25, -0.2) is 15.0 Å². The van der Waals surface area contributed by atoms with Crippen LogP contribution in [-0.4, -0.2) is 69.4 Å². The molecule has 1 aliphatic rings. The Morgan fingerprint density at radius 1 is 0.919 bits per heavy atom. The van der Waals surface area contributed by atoms with E-state index in [0.29, 0.717) is 5.56 Å². The van der Waals surface area contributed by atoms with Crippen molar-refractivity contribution in [2.45, 2.75) is 25.4 Å². The fraction of sp³-hybridized carbons (Fsp3) is 0.333. The van der Waals surface area contributed by atoms with Gasteiger partial charge in [0.2, 0.25) is 5.95 Å². The van der Waals surface area contributed by atoms with Crippen LogP contribution < -0.4 is 4.90 Å². The number of Topliss-reactive ketones (excluding diaryl/α,β-unsaturated/α-hetero) is 1. The van der Waals surface area contributed by atoms with Gasteiger partial charge in [-0.3, -0.25) is 9.20 Å². The Bertz CT molecular complexity index is 1390. The van der Waals surface area contributed by atoms with Gasteiger partial charge in [-0.2, -0.15) is 13.2 Å². The first kappa shape index (κ1) is 24.9. The van der Waals surface area contributed by atoms with E-state index in [2.05, 4.69) is 31.8 Å². The van der Waals surface area contributed by atoms with Crippen LogP contribution in [-0.2, 0) is 11.2 Å². The summed E-state index contributed by atoms with van der Waals surface area (Å²) in [5, 5.41) is 0. The molecule has 7 nitrogen and oxygen atoms in total. The molecule has 0 aliphatic carbocycles. The van der Waals surface area contributed by atoms with Crippen LogP contribution in [0, 0.1) is 0 Å². The monoisotopic (exact) mass is 508 g/mol. The molecule has 1 aliphatic heterocycles. The number of carbonyl (C=O) groups excluding carboxylic acids is 1. The topological polar surface area (TPSA) is 66.6 Å². The highest BCUT2D eigenvalue weighted by molar-refractivity contribution is 5.81. The van der Waals surface area contributed by atoms with Gasteiger partial charge in [0.1, 0.15) is 11.4 Å². The maximum Gasteiger partial charge on any atom is 0.389 e. The van der Waals surface area contributed by atoms with Crippen LogP contribution in [0.1, 0.15) is 18.4 Å². The quantitative estimate of drug-likeness (QED) is 0.362. The van der Waals surface area contributed by atoms with E-state index >= 15 is 0 Å². The Balaban J connectivity index is 1.31. The van der Waals surface area contributed by atoms with Crippen LogP contribution in [0.5, 0.6) is 0 Å². The minimum absolute atomic E-state index is 0.0328. The molecule has 0 N–H and O–H groups in total. The van der Waals surface area contributed by atoms with Crippen LogP contribution >= 0.6 is 0 Å². The van der Waals surface area contributed by atoms with E-state index in [1.54, 1.807) is 18.3 Å². The summed E-state index contributed by atoms with van der Waals surface area (Å²) in [6, 6.07) is 11.2. The summed E-state index contributed by atoms with van der Waals surface area (Å²) in [6.07, 6.45) is 1.36. The normalized spacial score (nSPS) is 14.9. The second kappa shape index (κ2) is 10.3. The first-order chi connectivity index (χ1) is 17.7. The number of imidazole rings is 1. The molecule has 5 rings (SSSR count). The Morgan fingerprint density at radius 2 is 1.68 bits per heavy atom. The summed E-state index contributed by atoms with van der Waals surface area (Å²) in [4.78, 5) is 30.2. The van der Waals surface area contributed by atoms with Gasteiger partial charge >= 0.3 is 6.18 Å². The summed E-state index contributed by atoms with van der Waals surface area (Å²) in [5.74, 6) is 0.302. The van der Waals surface area contributed by atoms with Crippen molar-refractivity contribution < 1.29 is 18.0 Å². The molecule has 0 unspecified atom stereocenters. The highest BCUT2D eigenvalue weighted by Gasteiger charge is 2.27. The van der Waals surface area contributed by atoms with Crippen molar-refractivity contribution in [2.24, 2.45) is 0 Å². The van der Waals surface area contributed by atoms with Crippen molar-refractivity contribution >= 4 is 17.4 Å². The van der Waals surface area contributed by atoms with Crippen LogP contribution in [0.2, 0.25) is 0 Å². The second-order valence-corrected chi connectivity index (χ2v) is 9.38. The number of halogens is 3. The van der Waals surface area contributed by atoms with Crippen molar-refractivity contribution in [1.29, 1.82) is 0 Å². The molecule has 0 saturated carbocycles. The number of hydrogen-bond donors (Lipinski definition) is 0. The standard InChI is InChI=1S/C27H27F3N6O/c1-34-9-11-35(12-10-34)26-32-16-22(17-33-26)20-6-8-36-24(18-31-25(36)15-20)21-4-2-3-19(13-21)14-23(37)5-7-27(28,29)30/h2-4,6,8,13,15-18H,5,7,9-12,14H2,1H3. The number of aromatic nitrogens is 4. The van der Waals surface area contributed by atoms with E-state index in [0.717, 1.165) is 60.2 Å². The van der Waals surface area contributed by atoms with Crippen LogP contribution in [0.4, 0.5) is 19.1 Å². The maximum absolute atomic E-state index is 12.4. The lowest BCUT2D eigenvalue weighted by Crippen LogP contribution is -2.45. The molecule has 1 saturated heterocycles. The van der Waals surface area contributed by atoms with Crippen molar-refractivity contribution in [2.75, 3.05) is 38.1 Å². The number of pyridine rings is 1. The maximum atomic E-state index is 12.4. The van der Waals surface area contributed by atoms with Crippen LogP contribution in [0.3, 0.4) is 0 Å². The Labute approximate surface area is 212 Å². The first-order valence-corrected chi connectivity index (χ1v) is 12.2. The fourth-order valence-corrected chi connectivity index (χ4v) is 4.45. The molecule has 0 atom stereocenters. The summed E-state index contributed by atoms with van der Waals surface area (Å²) in [5.41, 5.74) is 4.91. The number of likely N-dealkylation sites (N-methyl/N-ethyl adjacent to an activating group) is 1. The van der Waals surface area contributed by atoms with Crippen molar-refractivity contribution in [3.8, 4) is 22.4 Å². The fourth-order valence-electron chi connectivity index (χ4n) is 4.45. The largest absolute Gasteiger partial charge is 0.389 e. The number of alkyl halides is 3. The number of rotatable bonds is 7. The number of carbonyl (C=O) groups is 1. The molecule has 37 heavy (non-hydrogen) atoms. The third-order valence-electron chi connectivity index (χ3n) is 6.58. The SMILES string of the molecule is CN1CCN(c2ncc(-c3ccn4c(-c5cccc(CC(=O)CCC(F)(F)F)c5)cnc4c3)cn2)CC1. The highest BCUT2D eigenvalue weighted by Crippen LogP contribution is 2.27. The van der Waals surface area contributed by atoms with E-state index in [1.165, 1.54) is 0 Å². The Kier molecular flexibility index (Phi) is 6.92. The number of ketones is 1. The Morgan fingerprint density at radius 3 is 2.41 bits per heavy atom. The van der Waals surface area contributed by atoms with E-state index in [-0.39, 0.29) is 6.42 Å². The second-order valence-electron chi connectivity index (χ2n) is 9.38. The molecule has 192 valence electrons. The third-order valence-corrected chi connectivity index (χ3v) is 6.58. The molecule has 0 radical (unpaired) electrons. The summed E-state index contributed by atoms with van der Waals surface area (Å²) >= 11 is 0. The van der Waals surface area contributed by atoms with Gasteiger partial charge < -0.3 is 9.80 Å². The number of anilines is 1. The lowest BCUT2D eigenvalue weighted by molar-refractivity contribution is -0.143. The minimum Gasteiger partial charge on any atom is -0.338 e. The minimum atomic E-state index is -4.33. The van der Waals surface area contributed by atoms with E-state index in [4.69, 9.17) is 0 Å². The number of fused-ring (bicyclic) bond motifs is 1. The molecule has 0 amide bonds. The molecular formula is C27H27F3N6O. The first-order valence-electron chi connectivity index (χ1n) is 12.2. The summed E-state index contributed by atoms with van der Waals surface area (Å²) in [7, 11) is 2.11. The van der Waals surface area contributed by atoms with Gasteiger partial charge in [-0.15, -0.1) is 0 Å². The van der Waals surface area contributed by atoms with Crippen molar-refractivity contribution in [3.63, 3.8) is 0 Å². The lowest BCUT2D eigenvalue weighted by Gasteiger charge is -2.32. The van der Waals surface area contributed by atoms with E-state index in [9.17, 15) is 18.0 Å². The lowest BCUT2D eigenvalue weighted by atomic mass is 10.0. The van der Waals surface area contributed by atoms with Gasteiger partial charge in [-0.05, 0) is 36.4 Å². The molecule has 4 heterocycles. The van der Waals surface area contributed by atoms with Gasteiger partial charge in [0.25, 0.3) is 0 Å². The number of nitrogens with zero attached hydrogens (tertiary/aromatic N) is 6. The summed E-state index contributed by atoms with van der Waals surface area (Å²) < 4.78 is 39.2. The number of piperazine rings is 1. The zero-order valence-corrected chi connectivity index (χ0v) is 20.4. The average Bonchev–Trinajstić information content (AvgIpc) is 3.31. The van der Waals surface area contributed by atoms with Gasteiger partial charge in [0.05, 0.1) is 18.3 Å². The molecule has 0 spiro atoms. The van der Waals surface area contributed by atoms with Gasteiger partial charge in [0, 0.05) is 68.7 Å². The zero-order valence-electron chi connectivity index (χ0n) is 20.4. The number of hydrogen-bond acceptors (Lipinski definition) is 6. The molecule has 0 bridgehead atoms. The molecule has 1 aromatic carbocycles. The van der Waals surface area contributed by atoms with Crippen LogP contribution in [0.25, 0.3) is 28.0 Å². The molecule has 10 heteroatoms. The molecule has 4 aromatic rings. The predicted molar refractivity (Wildman–Crippen MR) is 135 cm³/mol. The summed E-state index contributed by atoms with van der Waals surface area (Å²) in [6.45, 7) is 3.78. The van der Waals surface area contributed by atoms with Crippen molar-refractivity contribution in [1.82, 2.24) is 24.3 Å². The Hall–Kier alpha value is -3.79. The predicted octanol–water partition coefficient (Wildman–Crippen LogP) is 4.66. The number of benzene rings is 1. The average molecular weight is 509 g/mol. The van der Waals surface area contributed by atoms with E-state index in [1.807, 2.05) is 47.3 Å². The van der Waals surface area contributed by atoms with Gasteiger partial charge in [0.15, 0.2) is 0 Å².